The van der Waals surface area contributed by atoms with Crippen LogP contribution in [0.15, 0.2) is 64.5 Å². The zero-order valence-electron chi connectivity index (χ0n) is 22.8. The molecule has 1 aromatic heterocycles. The van der Waals surface area contributed by atoms with Crippen LogP contribution in [-0.4, -0.2) is 0 Å². The lowest BCUT2D eigenvalue weighted by atomic mass is 9.84. The van der Waals surface area contributed by atoms with Crippen LogP contribution in [0.4, 0.5) is 0 Å². The second-order valence-electron chi connectivity index (χ2n) is 12.2. The number of aromatic nitrogens is 1. The van der Waals surface area contributed by atoms with E-state index >= 15 is 0 Å². The van der Waals surface area contributed by atoms with Gasteiger partial charge in [-0.15, -0.1) is 0 Å². The summed E-state index contributed by atoms with van der Waals surface area (Å²) in [5.41, 5.74) is 8.53. The molecule has 4 aromatic carbocycles. The highest BCUT2D eigenvalue weighted by atomic mass is 32.2. The fourth-order valence-corrected chi connectivity index (χ4v) is 7.39. The van der Waals surface area contributed by atoms with Gasteiger partial charge in [0.25, 0.3) is 0 Å². The van der Waals surface area contributed by atoms with E-state index in [1.807, 2.05) is 11.8 Å². The Morgan fingerprint density at radius 3 is 2.33 bits per heavy atom. The largest absolute Gasteiger partial charge is 0.222 e. The van der Waals surface area contributed by atoms with Gasteiger partial charge in [-0.05, 0) is 87.5 Å². The standard InChI is InChI=1S/C34H36NS/c1-19(2)15-22-9-12-25-21(4)33-30(20(3)27(25)16-22)32-31-26(13-14-35(32)8)28-18-24(34(5,6)7)11-10-23(28)17-29(31)36-33/h9-14,16-19H,15H2,1-8H3/q+1. The third-order valence-corrected chi connectivity index (χ3v) is 9.25. The number of hydrogen-bond donors (Lipinski definition) is 0. The molecule has 0 atom stereocenters. The number of rotatable bonds is 2. The molecule has 0 fully saturated rings. The van der Waals surface area contributed by atoms with Gasteiger partial charge in [0.15, 0.2) is 6.20 Å². The van der Waals surface area contributed by atoms with E-state index in [2.05, 4.69) is 115 Å². The Hall–Kier alpha value is -2.84. The number of nitrogens with zero attached hydrogens (tertiary/aromatic N) is 1. The van der Waals surface area contributed by atoms with Crippen LogP contribution in [0.1, 0.15) is 56.9 Å². The van der Waals surface area contributed by atoms with Crippen LogP contribution in [-0.2, 0) is 18.9 Å². The van der Waals surface area contributed by atoms with Crippen LogP contribution in [0.3, 0.4) is 0 Å². The average molecular weight is 491 g/mol. The van der Waals surface area contributed by atoms with Gasteiger partial charge >= 0.3 is 0 Å². The molecule has 0 saturated carbocycles. The fourth-order valence-electron chi connectivity index (χ4n) is 6.06. The summed E-state index contributed by atoms with van der Waals surface area (Å²) in [6, 6.07) is 19.0. The van der Waals surface area contributed by atoms with E-state index in [1.165, 1.54) is 75.6 Å². The SMILES string of the molecule is Cc1c2c(c(C)c3cc(CC(C)C)ccc13)-c1c3c(cc4ccc(C(C)(C)C)cc4c3cc[n+]1C)S2. The van der Waals surface area contributed by atoms with Gasteiger partial charge in [0.05, 0.1) is 10.9 Å². The predicted octanol–water partition coefficient (Wildman–Crippen LogP) is 9.22. The first-order chi connectivity index (χ1) is 17.0. The van der Waals surface area contributed by atoms with Crippen LogP contribution in [0.5, 0.6) is 0 Å². The van der Waals surface area contributed by atoms with Gasteiger partial charge in [-0.25, -0.2) is 4.57 Å². The zero-order valence-corrected chi connectivity index (χ0v) is 23.7. The molecule has 2 heteroatoms. The third-order valence-electron chi connectivity index (χ3n) is 7.99. The van der Waals surface area contributed by atoms with Crippen molar-refractivity contribution >= 4 is 44.1 Å². The first-order valence-corrected chi connectivity index (χ1v) is 14.0. The van der Waals surface area contributed by atoms with E-state index in [4.69, 9.17) is 0 Å². The molecule has 0 spiro atoms. The van der Waals surface area contributed by atoms with Crippen molar-refractivity contribution in [3.63, 3.8) is 0 Å². The molecule has 2 heterocycles. The van der Waals surface area contributed by atoms with Gasteiger partial charge in [-0.2, -0.15) is 0 Å². The van der Waals surface area contributed by atoms with Gasteiger partial charge in [-0.3, -0.25) is 0 Å². The minimum atomic E-state index is 0.125. The van der Waals surface area contributed by atoms with Gasteiger partial charge in [0, 0.05) is 21.2 Å². The summed E-state index contributed by atoms with van der Waals surface area (Å²) in [4.78, 5) is 2.79. The average Bonchev–Trinajstić information content (AvgIpc) is 2.82. The highest BCUT2D eigenvalue weighted by molar-refractivity contribution is 8.00. The van der Waals surface area contributed by atoms with E-state index in [-0.39, 0.29) is 5.41 Å². The van der Waals surface area contributed by atoms with Crippen LogP contribution in [0.2, 0.25) is 0 Å². The normalized spacial score (nSPS) is 13.2. The molecule has 1 aliphatic heterocycles. The summed E-state index contributed by atoms with van der Waals surface area (Å²) < 4.78 is 2.35. The van der Waals surface area contributed by atoms with E-state index < -0.39 is 0 Å². The highest BCUT2D eigenvalue weighted by Gasteiger charge is 2.31. The molecular formula is C34H36NS+. The Labute approximate surface area is 219 Å². The topological polar surface area (TPSA) is 3.88 Å². The summed E-state index contributed by atoms with van der Waals surface area (Å²) in [7, 11) is 2.21. The molecule has 0 bridgehead atoms. The van der Waals surface area contributed by atoms with Gasteiger partial charge < -0.3 is 0 Å². The minimum absolute atomic E-state index is 0.125. The van der Waals surface area contributed by atoms with Crippen LogP contribution in [0, 0.1) is 19.8 Å². The molecular weight excluding hydrogens is 454 g/mol. The van der Waals surface area contributed by atoms with Crippen molar-refractivity contribution in [1.82, 2.24) is 0 Å². The van der Waals surface area contributed by atoms with E-state index in [0.717, 1.165) is 6.42 Å². The fraction of sp³-hybridized carbons (Fsp3) is 0.324. The lowest BCUT2D eigenvalue weighted by Gasteiger charge is -2.25. The quantitative estimate of drug-likeness (QED) is 0.173. The molecule has 5 aromatic rings. The van der Waals surface area contributed by atoms with Crippen molar-refractivity contribution in [2.75, 3.05) is 0 Å². The number of fused-ring (bicyclic) bond motifs is 5. The van der Waals surface area contributed by atoms with Crippen molar-refractivity contribution in [1.29, 1.82) is 0 Å². The van der Waals surface area contributed by atoms with Gasteiger partial charge in [0.2, 0.25) is 5.69 Å². The number of benzene rings is 4. The van der Waals surface area contributed by atoms with Crippen molar-refractivity contribution in [3.8, 4) is 11.3 Å². The first-order valence-electron chi connectivity index (χ1n) is 13.2. The predicted molar refractivity (Wildman–Crippen MR) is 156 cm³/mol. The van der Waals surface area contributed by atoms with Crippen LogP contribution >= 0.6 is 11.8 Å². The summed E-state index contributed by atoms with van der Waals surface area (Å²) in [5.74, 6) is 0.654. The second-order valence-corrected chi connectivity index (χ2v) is 13.2. The maximum absolute atomic E-state index is 2.45. The Morgan fingerprint density at radius 1 is 0.833 bits per heavy atom. The smallest absolute Gasteiger partial charge is 0.200 e. The number of aryl methyl sites for hydroxylation is 3. The van der Waals surface area contributed by atoms with Crippen molar-refractivity contribution < 1.29 is 4.57 Å². The third kappa shape index (κ3) is 3.49. The first kappa shape index (κ1) is 23.6. The lowest BCUT2D eigenvalue weighted by molar-refractivity contribution is -0.659. The molecule has 182 valence electrons. The maximum atomic E-state index is 2.45. The highest BCUT2D eigenvalue weighted by Crippen LogP contribution is 2.52. The van der Waals surface area contributed by atoms with Crippen molar-refractivity contribution in [2.24, 2.45) is 13.0 Å². The summed E-state index contributed by atoms with van der Waals surface area (Å²) >= 11 is 1.97. The Bertz CT molecular complexity index is 1720. The molecule has 6 rings (SSSR count). The Kier molecular flexibility index (Phi) is 5.29. The Morgan fingerprint density at radius 2 is 1.61 bits per heavy atom. The zero-order chi connectivity index (χ0) is 25.5. The molecule has 0 N–H and O–H groups in total. The number of pyridine rings is 1. The minimum Gasteiger partial charge on any atom is -0.200 e. The van der Waals surface area contributed by atoms with E-state index in [0.29, 0.717) is 5.92 Å². The summed E-state index contributed by atoms with van der Waals surface area (Å²) in [5, 5.41) is 8.25. The maximum Gasteiger partial charge on any atom is 0.222 e. The molecule has 36 heavy (non-hydrogen) atoms. The molecule has 1 aliphatic rings. The van der Waals surface area contributed by atoms with Gasteiger partial charge in [0.1, 0.15) is 7.05 Å². The van der Waals surface area contributed by atoms with Crippen LogP contribution < -0.4 is 4.57 Å². The van der Waals surface area contributed by atoms with Crippen LogP contribution in [0.25, 0.3) is 43.6 Å². The summed E-state index contributed by atoms with van der Waals surface area (Å²) in [6.45, 7) is 16.2. The van der Waals surface area contributed by atoms with E-state index in [9.17, 15) is 0 Å². The van der Waals surface area contributed by atoms with Crippen molar-refractivity contribution in [2.45, 2.75) is 70.1 Å². The van der Waals surface area contributed by atoms with Crippen molar-refractivity contribution in [3.05, 3.63) is 77.0 Å². The lowest BCUT2D eigenvalue weighted by Crippen LogP contribution is -2.32. The monoisotopic (exact) mass is 490 g/mol. The number of hydrogen-bond acceptors (Lipinski definition) is 1. The second kappa shape index (κ2) is 8.08. The molecule has 0 unspecified atom stereocenters. The molecule has 0 amide bonds. The molecule has 0 radical (unpaired) electrons. The Balaban J connectivity index is 1.72. The molecule has 1 nitrogen and oxygen atoms in total. The van der Waals surface area contributed by atoms with E-state index in [1.54, 1.807) is 0 Å². The van der Waals surface area contributed by atoms with Gasteiger partial charge in [-0.1, -0.05) is 76.7 Å². The molecule has 0 saturated heterocycles. The summed E-state index contributed by atoms with van der Waals surface area (Å²) in [6.07, 6.45) is 3.38. The molecule has 0 aliphatic carbocycles.